The lowest BCUT2D eigenvalue weighted by atomic mass is 10.1. The first-order valence-corrected chi connectivity index (χ1v) is 8.87. The van der Waals surface area contributed by atoms with Crippen molar-refractivity contribution in [1.29, 1.82) is 0 Å². The van der Waals surface area contributed by atoms with Gasteiger partial charge >= 0.3 is 0 Å². The summed E-state index contributed by atoms with van der Waals surface area (Å²) in [5.74, 6) is 0. The largest absolute Gasteiger partial charge is 0.380 e. The number of hydrogen-bond donors (Lipinski definition) is 1. The second-order valence-corrected chi connectivity index (χ2v) is 7.30. The molecule has 0 aromatic heterocycles. The monoisotopic (exact) mass is 319 g/mol. The van der Waals surface area contributed by atoms with Gasteiger partial charge in [0, 0.05) is 57.1 Å². The Balaban J connectivity index is 1.77. The third-order valence-electron chi connectivity index (χ3n) is 4.25. The molecule has 0 aliphatic carbocycles. The lowest BCUT2D eigenvalue weighted by Gasteiger charge is -2.36. The lowest BCUT2D eigenvalue weighted by molar-refractivity contribution is 0.111. The molecule has 0 bridgehead atoms. The molecule has 0 amide bonds. The van der Waals surface area contributed by atoms with Gasteiger partial charge in [-0.25, -0.2) is 0 Å². The summed E-state index contributed by atoms with van der Waals surface area (Å²) in [5, 5.41) is 3.54. The van der Waals surface area contributed by atoms with E-state index in [0.29, 0.717) is 0 Å². The maximum Gasteiger partial charge on any atom is 0.0593 e. The van der Waals surface area contributed by atoms with E-state index in [1.165, 1.54) is 11.3 Å². The van der Waals surface area contributed by atoms with Crippen LogP contribution in [0.4, 0.5) is 5.69 Å². The Morgan fingerprint density at radius 3 is 2.26 bits per heavy atom. The Bertz CT molecular complexity index is 445. The number of benzene rings is 1. The van der Waals surface area contributed by atoms with Crippen LogP contribution in [0.15, 0.2) is 24.3 Å². The van der Waals surface area contributed by atoms with Crippen molar-refractivity contribution in [3.8, 4) is 0 Å². The Hall–Kier alpha value is -1.10. The average Bonchev–Trinajstić information content (AvgIpc) is 2.54. The Labute approximate surface area is 141 Å². The van der Waals surface area contributed by atoms with E-state index >= 15 is 0 Å². The summed E-state index contributed by atoms with van der Waals surface area (Å²) in [5.41, 5.74) is 2.85. The average molecular weight is 319 g/mol. The van der Waals surface area contributed by atoms with E-state index in [0.717, 1.165) is 52.5 Å². The van der Waals surface area contributed by atoms with E-state index in [9.17, 15) is 0 Å². The number of nitrogens with one attached hydrogen (secondary N) is 1. The van der Waals surface area contributed by atoms with Gasteiger partial charge in [-0.05, 0) is 45.4 Å². The van der Waals surface area contributed by atoms with Crippen molar-refractivity contribution in [3.05, 3.63) is 29.8 Å². The summed E-state index contributed by atoms with van der Waals surface area (Å²) in [4.78, 5) is 4.98. The fourth-order valence-corrected chi connectivity index (χ4v) is 2.76. The fraction of sp³-hybridized carbons (Fsp3) is 0.684. The van der Waals surface area contributed by atoms with E-state index in [-0.39, 0.29) is 5.54 Å². The minimum Gasteiger partial charge on any atom is -0.380 e. The molecular weight excluding hydrogens is 286 g/mol. The molecule has 0 radical (unpaired) electrons. The predicted octanol–water partition coefficient (Wildman–Crippen LogP) is 2.73. The van der Waals surface area contributed by atoms with Crippen LogP contribution in [0.5, 0.6) is 0 Å². The molecule has 1 aliphatic rings. The van der Waals surface area contributed by atoms with E-state index < -0.39 is 0 Å². The second-order valence-electron chi connectivity index (χ2n) is 7.30. The van der Waals surface area contributed by atoms with Crippen molar-refractivity contribution in [2.45, 2.75) is 39.8 Å². The summed E-state index contributed by atoms with van der Waals surface area (Å²) in [6.07, 6.45) is 0. The zero-order valence-corrected chi connectivity index (χ0v) is 15.3. The van der Waals surface area contributed by atoms with Gasteiger partial charge in [0.05, 0.1) is 6.61 Å². The second kappa shape index (κ2) is 8.67. The standard InChI is InChI=1S/C19H33N3O/c1-5-23-15-14-21-10-12-22(13-11-21)18-8-6-17(7-9-18)16-20-19(2,3)4/h6-9,20H,5,10-16H2,1-4H3. The minimum absolute atomic E-state index is 0.163. The van der Waals surface area contributed by atoms with E-state index in [4.69, 9.17) is 4.74 Å². The highest BCUT2D eigenvalue weighted by atomic mass is 16.5. The minimum atomic E-state index is 0.163. The van der Waals surface area contributed by atoms with Gasteiger partial charge in [-0.3, -0.25) is 4.90 Å². The molecule has 4 nitrogen and oxygen atoms in total. The molecule has 1 N–H and O–H groups in total. The van der Waals surface area contributed by atoms with Crippen LogP contribution in [0.3, 0.4) is 0 Å². The summed E-state index contributed by atoms with van der Waals surface area (Å²) >= 11 is 0. The first kappa shape index (κ1) is 18.2. The van der Waals surface area contributed by atoms with Crippen molar-refractivity contribution in [1.82, 2.24) is 10.2 Å². The number of nitrogens with zero attached hydrogens (tertiary/aromatic N) is 2. The smallest absolute Gasteiger partial charge is 0.0593 e. The van der Waals surface area contributed by atoms with Gasteiger partial charge in [-0.2, -0.15) is 0 Å². The molecule has 1 fully saturated rings. The van der Waals surface area contributed by atoms with Gasteiger partial charge < -0.3 is 15.0 Å². The van der Waals surface area contributed by atoms with Gasteiger partial charge in [-0.15, -0.1) is 0 Å². The van der Waals surface area contributed by atoms with Crippen LogP contribution in [-0.4, -0.2) is 56.4 Å². The molecule has 4 heteroatoms. The molecule has 1 aromatic carbocycles. The fourth-order valence-electron chi connectivity index (χ4n) is 2.76. The molecule has 1 heterocycles. The molecule has 0 saturated carbocycles. The van der Waals surface area contributed by atoms with Crippen LogP contribution in [0.25, 0.3) is 0 Å². The summed E-state index contributed by atoms with van der Waals surface area (Å²) < 4.78 is 5.45. The van der Waals surface area contributed by atoms with Crippen molar-refractivity contribution >= 4 is 5.69 Å². The highest BCUT2D eigenvalue weighted by Gasteiger charge is 2.17. The quantitative estimate of drug-likeness (QED) is 0.782. The topological polar surface area (TPSA) is 27.7 Å². The zero-order chi connectivity index (χ0) is 16.7. The number of anilines is 1. The number of rotatable bonds is 7. The Morgan fingerprint density at radius 2 is 1.70 bits per heavy atom. The van der Waals surface area contributed by atoms with Crippen LogP contribution < -0.4 is 10.2 Å². The van der Waals surface area contributed by atoms with Crippen LogP contribution in [0.2, 0.25) is 0 Å². The van der Waals surface area contributed by atoms with Gasteiger partial charge in [0.1, 0.15) is 0 Å². The Morgan fingerprint density at radius 1 is 1.04 bits per heavy atom. The number of hydrogen-bond acceptors (Lipinski definition) is 4. The maximum atomic E-state index is 5.45. The molecule has 1 aliphatic heterocycles. The van der Waals surface area contributed by atoms with Crippen LogP contribution in [0.1, 0.15) is 33.3 Å². The summed E-state index contributed by atoms with van der Waals surface area (Å²) in [7, 11) is 0. The van der Waals surface area contributed by atoms with Crippen molar-refractivity contribution in [2.75, 3.05) is 50.8 Å². The molecule has 23 heavy (non-hydrogen) atoms. The molecule has 1 saturated heterocycles. The van der Waals surface area contributed by atoms with Crippen LogP contribution >= 0.6 is 0 Å². The van der Waals surface area contributed by atoms with Crippen molar-refractivity contribution < 1.29 is 4.74 Å². The molecule has 0 atom stereocenters. The number of ether oxygens (including phenoxy) is 1. The van der Waals surface area contributed by atoms with Gasteiger partial charge in [0.2, 0.25) is 0 Å². The van der Waals surface area contributed by atoms with Crippen molar-refractivity contribution in [2.24, 2.45) is 0 Å². The van der Waals surface area contributed by atoms with E-state index in [1.54, 1.807) is 0 Å². The Kier molecular flexibility index (Phi) is 6.88. The van der Waals surface area contributed by atoms with Gasteiger partial charge in [-0.1, -0.05) is 12.1 Å². The first-order chi connectivity index (χ1) is 11.0. The molecular formula is C19H33N3O. The molecule has 1 aromatic rings. The molecule has 0 unspecified atom stereocenters. The molecule has 130 valence electrons. The van der Waals surface area contributed by atoms with Gasteiger partial charge in [0.25, 0.3) is 0 Å². The van der Waals surface area contributed by atoms with E-state index in [2.05, 4.69) is 67.1 Å². The highest BCUT2D eigenvalue weighted by Crippen LogP contribution is 2.17. The third kappa shape index (κ3) is 6.50. The van der Waals surface area contributed by atoms with Crippen LogP contribution in [0, 0.1) is 0 Å². The van der Waals surface area contributed by atoms with Crippen LogP contribution in [-0.2, 0) is 11.3 Å². The predicted molar refractivity (Wildman–Crippen MR) is 98.2 cm³/mol. The lowest BCUT2D eigenvalue weighted by Crippen LogP contribution is -2.47. The summed E-state index contributed by atoms with van der Waals surface area (Å²) in [6, 6.07) is 9.01. The summed E-state index contributed by atoms with van der Waals surface area (Å²) in [6.45, 7) is 16.8. The maximum absolute atomic E-state index is 5.45. The molecule has 0 spiro atoms. The zero-order valence-electron chi connectivity index (χ0n) is 15.3. The van der Waals surface area contributed by atoms with E-state index in [1.807, 2.05) is 0 Å². The normalized spacial score (nSPS) is 16.8. The third-order valence-corrected chi connectivity index (χ3v) is 4.25. The van der Waals surface area contributed by atoms with Crippen molar-refractivity contribution in [3.63, 3.8) is 0 Å². The highest BCUT2D eigenvalue weighted by molar-refractivity contribution is 5.48. The first-order valence-electron chi connectivity index (χ1n) is 8.87. The number of piperazine rings is 1. The SMILES string of the molecule is CCOCCN1CCN(c2ccc(CNC(C)(C)C)cc2)CC1. The van der Waals surface area contributed by atoms with Gasteiger partial charge in [0.15, 0.2) is 0 Å². The molecule has 2 rings (SSSR count).